The van der Waals surface area contributed by atoms with E-state index < -0.39 is 0 Å². The molecule has 0 unspecified atom stereocenters. The van der Waals surface area contributed by atoms with Gasteiger partial charge in [-0.25, -0.2) is 4.99 Å². The lowest BCUT2D eigenvalue weighted by atomic mass is 9.96. The van der Waals surface area contributed by atoms with E-state index in [0.29, 0.717) is 0 Å². The third-order valence-corrected chi connectivity index (χ3v) is 5.12. The normalized spacial score (nSPS) is 14.6. The molecule has 1 aliphatic carbocycles. The molecule has 0 aromatic carbocycles. The van der Waals surface area contributed by atoms with Crippen LogP contribution in [0.5, 0.6) is 0 Å². The fourth-order valence-electron chi connectivity index (χ4n) is 2.24. The van der Waals surface area contributed by atoms with Gasteiger partial charge < -0.3 is 0 Å². The van der Waals surface area contributed by atoms with Gasteiger partial charge in [-0.2, -0.15) is 5.26 Å². The minimum Gasteiger partial charge on any atom is -0.243 e. The fraction of sp³-hybridized carbons (Fsp3) is 0.286. The Morgan fingerprint density at radius 2 is 2.22 bits per heavy atom. The number of nitrogens with zero attached hydrogens (tertiary/aromatic N) is 2. The van der Waals surface area contributed by atoms with Crippen molar-refractivity contribution in [1.29, 1.82) is 5.26 Å². The van der Waals surface area contributed by atoms with Gasteiger partial charge in [-0.1, -0.05) is 6.07 Å². The van der Waals surface area contributed by atoms with Crippen molar-refractivity contribution in [2.24, 2.45) is 4.99 Å². The maximum absolute atomic E-state index is 9.31. The summed E-state index contributed by atoms with van der Waals surface area (Å²) in [7, 11) is 0. The van der Waals surface area contributed by atoms with Gasteiger partial charge in [0.25, 0.3) is 0 Å². The number of hydrogen-bond acceptors (Lipinski definition) is 4. The van der Waals surface area contributed by atoms with Gasteiger partial charge in [0, 0.05) is 16.0 Å². The molecule has 0 radical (unpaired) electrons. The second-order valence-electron chi connectivity index (χ2n) is 4.28. The van der Waals surface area contributed by atoms with E-state index in [9.17, 15) is 5.26 Å². The van der Waals surface area contributed by atoms with Crippen LogP contribution < -0.4 is 0 Å². The van der Waals surface area contributed by atoms with E-state index in [1.807, 2.05) is 23.7 Å². The van der Waals surface area contributed by atoms with E-state index in [0.717, 1.165) is 28.3 Å². The summed E-state index contributed by atoms with van der Waals surface area (Å²) in [6, 6.07) is 6.38. The van der Waals surface area contributed by atoms with Crippen LogP contribution in [0, 0.1) is 11.3 Å². The molecule has 2 heterocycles. The highest BCUT2D eigenvalue weighted by Crippen LogP contribution is 2.39. The van der Waals surface area contributed by atoms with Crippen molar-refractivity contribution in [1.82, 2.24) is 0 Å². The third kappa shape index (κ3) is 2.12. The summed E-state index contributed by atoms with van der Waals surface area (Å²) in [6.07, 6.45) is 6.47. The second-order valence-corrected chi connectivity index (χ2v) is 6.34. The molecular weight excluding hydrogens is 260 g/mol. The zero-order chi connectivity index (χ0) is 12.4. The molecule has 2 nitrogen and oxygen atoms in total. The van der Waals surface area contributed by atoms with Crippen molar-refractivity contribution in [3.63, 3.8) is 0 Å². The Labute approximate surface area is 114 Å². The van der Waals surface area contributed by atoms with Crippen LogP contribution >= 0.6 is 22.7 Å². The van der Waals surface area contributed by atoms with Crippen LogP contribution in [0.1, 0.15) is 33.7 Å². The van der Waals surface area contributed by atoms with Crippen molar-refractivity contribution in [3.05, 3.63) is 38.4 Å². The first kappa shape index (κ1) is 11.6. The maximum Gasteiger partial charge on any atom is 0.134 e. The molecule has 0 spiro atoms. The Hall–Kier alpha value is -1.44. The van der Waals surface area contributed by atoms with Gasteiger partial charge in [-0.15, -0.1) is 22.7 Å². The van der Waals surface area contributed by atoms with Gasteiger partial charge in [0.2, 0.25) is 0 Å². The predicted molar refractivity (Wildman–Crippen MR) is 77.2 cm³/mol. The molecule has 0 amide bonds. The van der Waals surface area contributed by atoms with Crippen molar-refractivity contribution >= 4 is 33.9 Å². The van der Waals surface area contributed by atoms with E-state index in [2.05, 4.69) is 11.1 Å². The van der Waals surface area contributed by atoms with E-state index in [-0.39, 0.29) is 0 Å². The van der Waals surface area contributed by atoms with Crippen LogP contribution in [0.2, 0.25) is 0 Å². The zero-order valence-electron chi connectivity index (χ0n) is 9.85. The summed E-state index contributed by atoms with van der Waals surface area (Å²) in [5.41, 5.74) is 2.06. The maximum atomic E-state index is 9.31. The summed E-state index contributed by atoms with van der Waals surface area (Å²) in [4.78, 5) is 7.01. The molecule has 2 aromatic rings. The Balaban J connectivity index is 1.97. The standard InChI is InChI=1S/C14H12N2S2/c15-8-12-11-5-1-2-6-13(11)18-14(12)16-9-10-4-3-7-17-10/h3-4,7,9H,1-2,5-6H2. The number of aliphatic imine (C=N–C) groups is 1. The molecule has 0 saturated heterocycles. The van der Waals surface area contributed by atoms with Crippen LogP contribution in [-0.4, -0.2) is 6.21 Å². The lowest BCUT2D eigenvalue weighted by Crippen LogP contribution is -1.99. The van der Waals surface area contributed by atoms with Gasteiger partial charge >= 0.3 is 0 Å². The molecule has 0 aliphatic heterocycles. The van der Waals surface area contributed by atoms with Gasteiger partial charge in [-0.3, -0.25) is 0 Å². The van der Waals surface area contributed by atoms with Crippen LogP contribution in [0.3, 0.4) is 0 Å². The highest BCUT2D eigenvalue weighted by molar-refractivity contribution is 7.16. The van der Waals surface area contributed by atoms with Crippen LogP contribution in [0.15, 0.2) is 22.5 Å². The minimum atomic E-state index is 0.808. The molecule has 3 rings (SSSR count). The quantitative estimate of drug-likeness (QED) is 0.750. The van der Waals surface area contributed by atoms with Crippen molar-refractivity contribution in [2.75, 3.05) is 0 Å². The highest BCUT2D eigenvalue weighted by atomic mass is 32.1. The largest absolute Gasteiger partial charge is 0.243 e. The van der Waals surface area contributed by atoms with E-state index >= 15 is 0 Å². The monoisotopic (exact) mass is 272 g/mol. The average molecular weight is 272 g/mol. The second kappa shape index (κ2) is 5.05. The zero-order valence-corrected chi connectivity index (χ0v) is 11.5. The molecule has 0 atom stereocenters. The topological polar surface area (TPSA) is 36.1 Å². The Morgan fingerprint density at radius 3 is 3.00 bits per heavy atom. The molecule has 1 aliphatic rings. The summed E-state index contributed by atoms with van der Waals surface area (Å²) in [5, 5.41) is 12.2. The van der Waals surface area contributed by atoms with Crippen LogP contribution in [0.25, 0.3) is 0 Å². The number of nitriles is 1. The number of thiophene rings is 2. The Morgan fingerprint density at radius 1 is 1.33 bits per heavy atom. The number of hydrogen-bond donors (Lipinski definition) is 0. The van der Waals surface area contributed by atoms with Crippen molar-refractivity contribution in [3.8, 4) is 6.07 Å². The summed E-state index contributed by atoms with van der Waals surface area (Å²) >= 11 is 3.36. The summed E-state index contributed by atoms with van der Waals surface area (Å²) < 4.78 is 0. The van der Waals surface area contributed by atoms with Gasteiger partial charge in [0.15, 0.2) is 0 Å². The van der Waals surface area contributed by atoms with Gasteiger partial charge in [0.1, 0.15) is 11.1 Å². The molecule has 0 N–H and O–H groups in total. The van der Waals surface area contributed by atoms with E-state index in [1.54, 1.807) is 22.7 Å². The highest BCUT2D eigenvalue weighted by Gasteiger charge is 2.19. The molecule has 18 heavy (non-hydrogen) atoms. The number of fused-ring (bicyclic) bond motifs is 1. The van der Waals surface area contributed by atoms with Gasteiger partial charge in [0.05, 0.1) is 5.56 Å². The van der Waals surface area contributed by atoms with Crippen molar-refractivity contribution in [2.45, 2.75) is 25.7 Å². The van der Waals surface area contributed by atoms with Crippen LogP contribution in [-0.2, 0) is 12.8 Å². The lowest BCUT2D eigenvalue weighted by molar-refractivity contribution is 0.696. The fourth-order valence-corrected chi connectivity index (χ4v) is 4.01. The summed E-state index contributed by atoms with van der Waals surface area (Å²) in [6.45, 7) is 0. The minimum absolute atomic E-state index is 0.808. The molecular formula is C14H12N2S2. The molecule has 0 bridgehead atoms. The lowest BCUT2D eigenvalue weighted by Gasteiger charge is -2.09. The third-order valence-electron chi connectivity index (χ3n) is 3.12. The van der Waals surface area contributed by atoms with Gasteiger partial charge in [-0.05, 0) is 42.7 Å². The Kier molecular flexibility index (Phi) is 3.26. The average Bonchev–Trinajstić information content (AvgIpc) is 3.03. The first-order chi connectivity index (χ1) is 8.88. The number of rotatable bonds is 2. The summed E-state index contributed by atoms with van der Waals surface area (Å²) in [5.74, 6) is 0. The predicted octanol–water partition coefficient (Wildman–Crippen LogP) is 4.31. The molecule has 2 aromatic heterocycles. The number of aryl methyl sites for hydroxylation is 1. The first-order valence-corrected chi connectivity index (χ1v) is 7.70. The molecule has 0 fully saturated rings. The van der Waals surface area contributed by atoms with E-state index in [4.69, 9.17) is 0 Å². The SMILES string of the molecule is N#Cc1c(N=Cc2cccs2)sc2c1CCCC2. The van der Waals surface area contributed by atoms with Crippen LogP contribution in [0.4, 0.5) is 5.00 Å². The molecule has 90 valence electrons. The smallest absolute Gasteiger partial charge is 0.134 e. The molecule has 0 saturated carbocycles. The van der Waals surface area contributed by atoms with E-state index in [1.165, 1.54) is 23.3 Å². The first-order valence-electron chi connectivity index (χ1n) is 6.00. The molecule has 4 heteroatoms. The Bertz CT molecular complexity index is 615. The van der Waals surface area contributed by atoms with Crippen molar-refractivity contribution < 1.29 is 0 Å².